The Kier molecular flexibility index (Phi) is 4.22. The lowest BCUT2D eigenvalue weighted by Gasteiger charge is -2.11. The van der Waals surface area contributed by atoms with Gasteiger partial charge >= 0.3 is 5.97 Å². The van der Waals surface area contributed by atoms with Crippen LogP contribution in [0.1, 0.15) is 21.5 Å². The minimum atomic E-state index is -1.12. The van der Waals surface area contributed by atoms with Crippen LogP contribution < -0.4 is 11.1 Å². The maximum absolute atomic E-state index is 10.9. The second-order valence-electron chi connectivity index (χ2n) is 3.43. The van der Waals surface area contributed by atoms with E-state index in [-0.39, 0.29) is 6.42 Å². The molecule has 17 heavy (non-hydrogen) atoms. The normalized spacial score (nSPS) is 11.8. The maximum atomic E-state index is 10.9. The van der Waals surface area contributed by atoms with Gasteiger partial charge in [-0.1, -0.05) is 0 Å². The number of primary amides is 1. The predicted octanol–water partition coefficient (Wildman–Crippen LogP) is -0.0212. The summed E-state index contributed by atoms with van der Waals surface area (Å²) >= 11 is 1.12. The van der Waals surface area contributed by atoms with Gasteiger partial charge in [0.15, 0.2) is 0 Å². The minimum Gasteiger partial charge on any atom is -0.480 e. The molecule has 7 heteroatoms. The molecule has 1 heterocycles. The summed E-state index contributed by atoms with van der Waals surface area (Å²) in [5.41, 5.74) is 5.08. The number of hydrogen-bond donors (Lipinski definition) is 3. The van der Waals surface area contributed by atoms with Gasteiger partial charge in [0.2, 0.25) is 5.91 Å². The number of amides is 2. The monoisotopic (exact) mass is 256 g/mol. The van der Waals surface area contributed by atoms with Gasteiger partial charge in [-0.2, -0.15) is 0 Å². The van der Waals surface area contributed by atoms with Gasteiger partial charge < -0.3 is 16.2 Å². The number of nitrogens with two attached hydrogens (primary N) is 1. The Morgan fingerprint density at radius 2 is 2.12 bits per heavy atom. The highest BCUT2D eigenvalue weighted by Gasteiger charge is 2.20. The highest BCUT2D eigenvalue weighted by Crippen LogP contribution is 2.17. The van der Waals surface area contributed by atoms with E-state index in [4.69, 9.17) is 10.8 Å². The van der Waals surface area contributed by atoms with Gasteiger partial charge in [0.25, 0.3) is 5.91 Å². The number of hydrogen-bond acceptors (Lipinski definition) is 4. The molecule has 0 saturated heterocycles. The summed E-state index contributed by atoms with van der Waals surface area (Å²) in [6.45, 7) is 1.25. The highest BCUT2D eigenvalue weighted by atomic mass is 32.1. The molecule has 0 spiro atoms. The van der Waals surface area contributed by atoms with Crippen molar-refractivity contribution in [3.05, 3.63) is 21.9 Å². The second-order valence-corrected chi connectivity index (χ2v) is 4.59. The Labute approximate surface area is 101 Å². The van der Waals surface area contributed by atoms with E-state index in [1.54, 1.807) is 6.07 Å². The molecule has 0 fully saturated rings. The fourth-order valence-corrected chi connectivity index (χ4v) is 2.17. The lowest BCUT2D eigenvalue weighted by atomic mass is 10.2. The maximum Gasteiger partial charge on any atom is 0.326 e. The zero-order valence-electron chi connectivity index (χ0n) is 9.10. The number of rotatable bonds is 5. The third kappa shape index (κ3) is 3.87. The van der Waals surface area contributed by atoms with E-state index < -0.39 is 23.8 Å². The zero-order valence-corrected chi connectivity index (χ0v) is 9.91. The Balaban J connectivity index is 2.75. The molecule has 92 valence electrons. The van der Waals surface area contributed by atoms with Crippen LogP contribution >= 0.6 is 11.3 Å². The number of carboxylic acid groups (broad SMARTS) is 1. The Morgan fingerprint density at radius 1 is 1.47 bits per heavy atom. The van der Waals surface area contributed by atoms with Gasteiger partial charge in [-0.25, -0.2) is 4.79 Å². The Hall–Kier alpha value is -1.89. The van der Waals surface area contributed by atoms with Crippen LogP contribution in [0.2, 0.25) is 0 Å². The zero-order chi connectivity index (χ0) is 13.0. The fourth-order valence-electron chi connectivity index (χ4n) is 1.27. The van der Waals surface area contributed by atoms with E-state index in [1.165, 1.54) is 13.0 Å². The molecule has 0 aromatic carbocycles. The van der Waals surface area contributed by atoms with E-state index in [1.807, 2.05) is 0 Å². The molecular formula is C10H12N2O4S. The summed E-state index contributed by atoms with van der Waals surface area (Å²) < 4.78 is 0. The first-order valence-corrected chi connectivity index (χ1v) is 5.60. The average Bonchev–Trinajstić information content (AvgIpc) is 2.64. The average molecular weight is 256 g/mol. The van der Waals surface area contributed by atoms with Crippen molar-refractivity contribution in [2.45, 2.75) is 19.4 Å². The molecule has 0 saturated carbocycles. The van der Waals surface area contributed by atoms with Crippen LogP contribution in [-0.2, 0) is 16.0 Å². The summed E-state index contributed by atoms with van der Waals surface area (Å²) in [6.07, 6.45) is 0.132. The van der Waals surface area contributed by atoms with Gasteiger partial charge in [0.05, 0.1) is 4.88 Å². The molecule has 2 amide bonds. The van der Waals surface area contributed by atoms with Crippen molar-refractivity contribution < 1.29 is 19.5 Å². The van der Waals surface area contributed by atoms with Crippen LogP contribution in [0.15, 0.2) is 12.1 Å². The van der Waals surface area contributed by atoms with Gasteiger partial charge in [0.1, 0.15) is 6.04 Å². The first-order chi connectivity index (χ1) is 7.90. The smallest absolute Gasteiger partial charge is 0.326 e. The number of thiophene rings is 1. The van der Waals surface area contributed by atoms with E-state index in [0.717, 1.165) is 11.3 Å². The largest absolute Gasteiger partial charge is 0.480 e. The molecule has 1 aromatic heterocycles. The van der Waals surface area contributed by atoms with Crippen molar-refractivity contribution in [2.75, 3.05) is 0 Å². The summed E-state index contributed by atoms with van der Waals surface area (Å²) in [5.74, 6) is -2.08. The van der Waals surface area contributed by atoms with Crippen LogP contribution in [0.25, 0.3) is 0 Å². The van der Waals surface area contributed by atoms with Crippen molar-refractivity contribution in [3.8, 4) is 0 Å². The lowest BCUT2D eigenvalue weighted by molar-refractivity contribution is -0.141. The number of aliphatic carboxylic acids is 1. The summed E-state index contributed by atoms with van der Waals surface area (Å²) in [4.78, 5) is 33.6. The fraction of sp³-hybridized carbons (Fsp3) is 0.300. The summed E-state index contributed by atoms with van der Waals surface area (Å²) in [6, 6.07) is 2.17. The second kappa shape index (κ2) is 5.44. The van der Waals surface area contributed by atoms with Crippen LogP contribution in [-0.4, -0.2) is 28.9 Å². The van der Waals surface area contributed by atoms with E-state index in [2.05, 4.69) is 5.32 Å². The molecule has 6 nitrogen and oxygen atoms in total. The van der Waals surface area contributed by atoms with Crippen molar-refractivity contribution in [2.24, 2.45) is 5.73 Å². The van der Waals surface area contributed by atoms with E-state index >= 15 is 0 Å². The molecule has 0 aliphatic heterocycles. The van der Waals surface area contributed by atoms with E-state index in [0.29, 0.717) is 9.75 Å². The molecule has 1 rings (SSSR count). The molecule has 0 bridgehead atoms. The van der Waals surface area contributed by atoms with Crippen molar-refractivity contribution in [1.82, 2.24) is 5.32 Å². The van der Waals surface area contributed by atoms with Crippen LogP contribution in [0, 0.1) is 0 Å². The third-order valence-corrected chi connectivity index (χ3v) is 3.11. The molecule has 1 atom stereocenters. The predicted molar refractivity (Wildman–Crippen MR) is 61.8 cm³/mol. The van der Waals surface area contributed by atoms with Crippen LogP contribution in [0.5, 0.6) is 0 Å². The number of carbonyl (C=O) groups is 3. The van der Waals surface area contributed by atoms with Gasteiger partial charge in [-0.05, 0) is 12.1 Å². The van der Waals surface area contributed by atoms with E-state index in [9.17, 15) is 14.4 Å². The van der Waals surface area contributed by atoms with Crippen molar-refractivity contribution >= 4 is 29.1 Å². The Bertz CT molecular complexity index is 455. The molecule has 4 N–H and O–H groups in total. The van der Waals surface area contributed by atoms with Crippen LogP contribution in [0.4, 0.5) is 0 Å². The Morgan fingerprint density at radius 3 is 2.53 bits per heavy atom. The summed E-state index contributed by atoms with van der Waals surface area (Å²) in [5, 5.41) is 11.2. The lowest BCUT2D eigenvalue weighted by Crippen LogP contribution is -2.40. The summed E-state index contributed by atoms with van der Waals surface area (Å²) in [7, 11) is 0. The molecule has 0 aliphatic rings. The molecule has 1 aromatic rings. The van der Waals surface area contributed by atoms with Gasteiger partial charge in [0, 0.05) is 18.2 Å². The van der Waals surface area contributed by atoms with Gasteiger partial charge in [-0.15, -0.1) is 11.3 Å². The van der Waals surface area contributed by atoms with Gasteiger partial charge in [-0.3, -0.25) is 9.59 Å². The van der Waals surface area contributed by atoms with Crippen LogP contribution in [0.3, 0.4) is 0 Å². The molecule has 0 radical (unpaired) electrons. The van der Waals surface area contributed by atoms with Crippen molar-refractivity contribution in [1.29, 1.82) is 0 Å². The van der Waals surface area contributed by atoms with Crippen molar-refractivity contribution in [3.63, 3.8) is 0 Å². The SMILES string of the molecule is CC(=O)N[C@@H](Cc1ccc(C(N)=O)s1)C(=O)O. The topological polar surface area (TPSA) is 109 Å². The standard InChI is InChI=1S/C10H12N2O4S/c1-5(13)12-7(10(15)16)4-6-2-3-8(17-6)9(11)14/h2-3,7H,4H2,1H3,(H2,11,14)(H,12,13)(H,15,16)/t7-/m0/s1. The number of carbonyl (C=O) groups excluding carboxylic acids is 2. The highest BCUT2D eigenvalue weighted by molar-refractivity contribution is 7.14. The third-order valence-electron chi connectivity index (χ3n) is 1.99. The first-order valence-electron chi connectivity index (χ1n) is 4.78. The minimum absolute atomic E-state index is 0.132. The molecule has 0 unspecified atom stereocenters. The quantitative estimate of drug-likeness (QED) is 0.687. The number of carboxylic acids is 1. The molecular weight excluding hydrogens is 244 g/mol. The number of nitrogens with one attached hydrogen (secondary N) is 1. The first kappa shape index (κ1) is 13.2. The molecule has 0 aliphatic carbocycles.